The van der Waals surface area contributed by atoms with Crippen LogP contribution in [-0.4, -0.2) is 29.9 Å². The Labute approximate surface area is 131 Å². The topological polar surface area (TPSA) is 61.4 Å². The molecule has 0 saturated carbocycles. The zero-order valence-electron chi connectivity index (χ0n) is 13.2. The molecule has 0 spiro atoms. The fourth-order valence-electron chi connectivity index (χ4n) is 2.53. The summed E-state index contributed by atoms with van der Waals surface area (Å²) in [6.07, 6.45) is 2.48. The maximum Gasteiger partial charge on any atom is 0.319 e. The maximum atomic E-state index is 12.1. The lowest BCUT2D eigenvalue weighted by Crippen LogP contribution is -2.38. The highest BCUT2D eigenvalue weighted by Crippen LogP contribution is 2.23. The minimum absolute atomic E-state index is 0.00698. The van der Waals surface area contributed by atoms with Gasteiger partial charge in [-0.25, -0.2) is 4.79 Å². The molecule has 2 rings (SSSR count). The van der Waals surface area contributed by atoms with Crippen LogP contribution in [0.4, 0.5) is 10.5 Å². The number of urea groups is 1. The third-order valence-corrected chi connectivity index (χ3v) is 3.69. The second kappa shape index (κ2) is 7.11. The van der Waals surface area contributed by atoms with E-state index in [0.29, 0.717) is 13.1 Å². The molecule has 0 bridgehead atoms. The molecule has 1 heterocycles. The van der Waals surface area contributed by atoms with Crippen molar-refractivity contribution in [1.82, 2.24) is 10.2 Å². The number of hydrogen-bond donors (Lipinski definition) is 2. The van der Waals surface area contributed by atoms with Gasteiger partial charge in [0.2, 0.25) is 5.91 Å². The number of rotatable bonds is 4. The Morgan fingerprint density at radius 1 is 1.36 bits per heavy atom. The van der Waals surface area contributed by atoms with Gasteiger partial charge in [-0.1, -0.05) is 26.0 Å². The lowest BCUT2D eigenvalue weighted by molar-refractivity contribution is -0.135. The molecule has 0 aromatic heterocycles. The van der Waals surface area contributed by atoms with Crippen molar-refractivity contribution < 1.29 is 9.59 Å². The van der Waals surface area contributed by atoms with Gasteiger partial charge in [0.05, 0.1) is 0 Å². The molecule has 0 saturated heterocycles. The van der Waals surface area contributed by atoms with Crippen molar-refractivity contribution in [2.24, 2.45) is 5.92 Å². The van der Waals surface area contributed by atoms with Crippen LogP contribution in [-0.2, 0) is 17.8 Å². The van der Waals surface area contributed by atoms with Crippen LogP contribution in [0.1, 0.15) is 25.0 Å². The van der Waals surface area contributed by atoms with Crippen molar-refractivity contribution in [3.05, 3.63) is 42.0 Å². The number of nitrogens with one attached hydrogen (secondary N) is 2. The number of fused-ring (bicyclic) bond motifs is 1. The minimum Gasteiger partial charge on any atom is -0.338 e. The number of hydrogen-bond acceptors (Lipinski definition) is 2. The lowest BCUT2D eigenvalue weighted by atomic mass is 9.98. The van der Waals surface area contributed by atoms with E-state index in [1.165, 1.54) is 5.56 Å². The molecule has 22 heavy (non-hydrogen) atoms. The Hall–Kier alpha value is -2.30. The Balaban J connectivity index is 2.07. The first-order valence-electron chi connectivity index (χ1n) is 7.57. The van der Waals surface area contributed by atoms with Gasteiger partial charge in [-0.15, -0.1) is 6.58 Å². The SMILES string of the molecule is C=CCNC(=O)Nc1ccc2c(c1)CN(C(=O)C(C)C)CC2. The van der Waals surface area contributed by atoms with E-state index in [9.17, 15) is 9.59 Å². The second-order valence-corrected chi connectivity index (χ2v) is 5.77. The largest absolute Gasteiger partial charge is 0.338 e. The zero-order valence-corrected chi connectivity index (χ0v) is 13.2. The highest BCUT2D eigenvalue weighted by Gasteiger charge is 2.22. The average molecular weight is 301 g/mol. The first kappa shape index (κ1) is 16.1. The van der Waals surface area contributed by atoms with Crippen LogP contribution < -0.4 is 10.6 Å². The molecule has 1 aromatic carbocycles. The van der Waals surface area contributed by atoms with Crippen molar-refractivity contribution >= 4 is 17.6 Å². The van der Waals surface area contributed by atoms with Crippen molar-refractivity contribution in [3.8, 4) is 0 Å². The van der Waals surface area contributed by atoms with Crippen LogP contribution in [0.3, 0.4) is 0 Å². The lowest BCUT2D eigenvalue weighted by Gasteiger charge is -2.30. The van der Waals surface area contributed by atoms with Gasteiger partial charge in [-0.2, -0.15) is 0 Å². The van der Waals surface area contributed by atoms with Crippen molar-refractivity contribution in [1.29, 1.82) is 0 Å². The predicted molar refractivity (Wildman–Crippen MR) is 87.6 cm³/mol. The molecule has 118 valence electrons. The van der Waals surface area contributed by atoms with E-state index in [4.69, 9.17) is 0 Å². The summed E-state index contributed by atoms with van der Waals surface area (Å²) >= 11 is 0. The standard InChI is InChI=1S/C17H23N3O2/c1-4-8-18-17(22)19-15-6-5-13-7-9-20(11-14(13)10-15)16(21)12(2)3/h4-6,10,12H,1,7-9,11H2,2-3H3,(H2,18,19,22). The van der Waals surface area contributed by atoms with Crippen LogP contribution in [0.25, 0.3) is 0 Å². The van der Waals surface area contributed by atoms with E-state index in [0.717, 1.165) is 24.2 Å². The number of amides is 3. The Bertz CT molecular complexity index is 581. The van der Waals surface area contributed by atoms with E-state index in [2.05, 4.69) is 17.2 Å². The van der Waals surface area contributed by atoms with E-state index >= 15 is 0 Å². The number of nitrogens with zero attached hydrogens (tertiary/aromatic N) is 1. The van der Waals surface area contributed by atoms with Crippen LogP contribution in [0, 0.1) is 5.92 Å². The third kappa shape index (κ3) is 3.87. The van der Waals surface area contributed by atoms with Gasteiger partial charge in [0.15, 0.2) is 0 Å². The summed E-state index contributed by atoms with van der Waals surface area (Å²) in [6, 6.07) is 5.61. The summed E-state index contributed by atoms with van der Waals surface area (Å²) in [6.45, 7) is 9.18. The summed E-state index contributed by atoms with van der Waals surface area (Å²) in [7, 11) is 0. The fourth-order valence-corrected chi connectivity index (χ4v) is 2.53. The first-order chi connectivity index (χ1) is 10.5. The Morgan fingerprint density at radius 2 is 2.14 bits per heavy atom. The highest BCUT2D eigenvalue weighted by atomic mass is 16.2. The fraction of sp³-hybridized carbons (Fsp3) is 0.412. The molecule has 1 aliphatic rings. The van der Waals surface area contributed by atoms with Crippen molar-refractivity contribution in [2.45, 2.75) is 26.8 Å². The number of anilines is 1. The first-order valence-corrected chi connectivity index (χ1v) is 7.57. The third-order valence-electron chi connectivity index (χ3n) is 3.69. The van der Waals surface area contributed by atoms with E-state index in [1.54, 1.807) is 6.08 Å². The number of benzene rings is 1. The Morgan fingerprint density at radius 3 is 2.82 bits per heavy atom. The molecule has 5 heteroatoms. The average Bonchev–Trinajstić information content (AvgIpc) is 2.51. The molecule has 0 aliphatic carbocycles. The van der Waals surface area contributed by atoms with Crippen LogP contribution in [0.5, 0.6) is 0 Å². The monoisotopic (exact) mass is 301 g/mol. The van der Waals surface area contributed by atoms with Crippen molar-refractivity contribution in [3.63, 3.8) is 0 Å². The van der Waals surface area contributed by atoms with E-state index in [1.807, 2.05) is 36.9 Å². The van der Waals surface area contributed by atoms with Gasteiger partial charge in [0.25, 0.3) is 0 Å². The molecule has 0 unspecified atom stereocenters. The smallest absolute Gasteiger partial charge is 0.319 e. The zero-order chi connectivity index (χ0) is 16.1. The molecule has 3 amide bonds. The molecule has 0 radical (unpaired) electrons. The van der Waals surface area contributed by atoms with Crippen LogP contribution >= 0.6 is 0 Å². The van der Waals surface area contributed by atoms with Crippen molar-refractivity contribution in [2.75, 3.05) is 18.4 Å². The van der Waals surface area contributed by atoms with Gasteiger partial charge in [-0.05, 0) is 29.7 Å². The quantitative estimate of drug-likeness (QED) is 0.840. The van der Waals surface area contributed by atoms with Gasteiger partial charge in [0.1, 0.15) is 0 Å². The molecule has 0 atom stereocenters. The minimum atomic E-state index is -0.259. The molecule has 1 aromatic rings. The van der Waals surface area contributed by atoms with Gasteiger partial charge < -0.3 is 15.5 Å². The molecular formula is C17H23N3O2. The molecule has 2 N–H and O–H groups in total. The molecule has 1 aliphatic heterocycles. The van der Waals surface area contributed by atoms with Gasteiger partial charge in [-0.3, -0.25) is 4.79 Å². The van der Waals surface area contributed by atoms with Gasteiger partial charge in [0, 0.05) is 31.2 Å². The summed E-state index contributed by atoms with van der Waals surface area (Å²) in [5.41, 5.74) is 3.07. The van der Waals surface area contributed by atoms with Crippen LogP contribution in [0.15, 0.2) is 30.9 Å². The Kier molecular flexibility index (Phi) is 5.20. The second-order valence-electron chi connectivity index (χ2n) is 5.77. The predicted octanol–water partition coefficient (Wildman–Crippen LogP) is 2.53. The van der Waals surface area contributed by atoms with E-state index < -0.39 is 0 Å². The van der Waals surface area contributed by atoms with Gasteiger partial charge >= 0.3 is 6.03 Å². The van der Waals surface area contributed by atoms with Crippen LogP contribution in [0.2, 0.25) is 0 Å². The molecule has 0 fully saturated rings. The highest BCUT2D eigenvalue weighted by molar-refractivity contribution is 5.89. The molecule has 5 nitrogen and oxygen atoms in total. The number of carbonyl (C=O) groups is 2. The number of carbonyl (C=O) groups excluding carboxylic acids is 2. The van der Waals surface area contributed by atoms with E-state index in [-0.39, 0.29) is 17.9 Å². The summed E-state index contributed by atoms with van der Waals surface area (Å²) < 4.78 is 0. The normalized spacial score (nSPS) is 13.5. The summed E-state index contributed by atoms with van der Waals surface area (Å²) in [5.74, 6) is 0.181. The summed E-state index contributed by atoms with van der Waals surface area (Å²) in [4.78, 5) is 25.7. The summed E-state index contributed by atoms with van der Waals surface area (Å²) in [5, 5.41) is 5.46. The maximum absolute atomic E-state index is 12.1. The molecular weight excluding hydrogens is 278 g/mol.